The van der Waals surface area contributed by atoms with Crippen molar-refractivity contribution >= 4 is 17.6 Å². The first-order valence-corrected chi connectivity index (χ1v) is 7.00. The summed E-state index contributed by atoms with van der Waals surface area (Å²) in [7, 11) is 1.41. The van der Waals surface area contributed by atoms with Gasteiger partial charge in [-0.3, -0.25) is 5.32 Å². The van der Waals surface area contributed by atoms with E-state index in [0.717, 1.165) is 12.0 Å². The second-order valence-corrected chi connectivity index (χ2v) is 5.15. The van der Waals surface area contributed by atoms with Gasteiger partial charge in [-0.1, -0.05) is 37.6 Å². The van der Waals surface area contributed by atoms with E-state index in [-0.39, 0.29) is 12.0 Å². The lowest BCUT2D eigenvalue weighted by atomic mass is 9.86. The maximum atomic E-state index is 12.3. The molecule has 19 heavy (non-hydrogen) atoms. The highest BCUT2D eigenvalue weighted by Gasteiger charge is 2.40. The van der Waals surface area contributed by atoms with Crippen molar-refractivity contribution in [3.63, 3.8) is 0 Å². The number of ether oxygens (including phenoxy) is 1. The van der Waals surface area contributed by atoms with Gasteiger partial charge in [0, 0.05) is 11.1 Å². The van der Waals surface area contributed by atoms with E-state index in [0.29, 0.717) is 11.4 Å². The number of hydrogen-bond donors (Lipinski definition) is 1. The fourth-order valence-corrected chi connectivity index (χ4v) is 2.35. The summed E-state index contributed by atoms with van der Waals surface area (Å²) in [6.07, 6.45) is 1.53. The van der Waals surface area contributed by atoms with Gasteiger partial charge in [-0.05, 0) is 37.5 Å². The summed E-state index contributed by atoms with van der Waals surface area (Å²) in [6, 6.07) is 7.58. The molecule has 1 rings (SSSR count). The van der Waals surface area contributed by atoms with Gasteiger partial charge in [0.05, 0.1) is 7.11 Å². The van der Waals surface area contributed by atoms with Gasteiger partial charge in [-0.25, -0.2) is 4.79 Å². The van der Waals surface area contributed by atoms with Crippen LogP contribution in [0.2, 0.25) is 5.02 Å². The minimum absolute atomic E-state index is 0.207. The summed E-state index contributed by atoms with van der Waals surface area (Å²) < 4.78 is 5.00. The van der Waals surface area contributed by atoms with E-state index in [1.807, 2.05) is 25.1 Å². The van der Waals surface area contributed by atoms with Gasteiger partial charge in [-0.15, -0.1) is 0 Å². The van der Waals surface area contributed by atoms with Crippen molar-refractivity contribution in [2.24, 2.45) is 0 Å². The number of benzene rings is 1. The molecule has 1 aromatic carbocycles. The van der Waals surface area contributed by atoms with Crippen LogP contribution in [0.3, 0.4) is 0 Å². The van der Waals surface area contributed by atoms with Crippen LogP contribution < -0.4 is 5.32 Å². The summed E-state index contributed by atoms with van der Waals surface area (Å²) in [4.78, 5) is 12.3. The maximum absolute atomic E-state index is 12.3. The largest absolute Gasteiger partial charge is 0.467 e. The average molecular weight is 284 g/mol. The normalized spacial score (nSPS) is 15.6. The molecule has 2 unspecified atom stereocenters. The quantitative estimate of drug-likeness (QED) is 0.812. The Labute approximate surface area is 120 Å². The second-order valence-electron chi connectivity index (χ2n) is 4.71. The maximum Gasteiger partial charge on any atom is 0.330 e. The average Bonchev–Trinajstić information content (AvgIpc) is 2.43. The fourth-order valence-electron chi connectivity index (χ4n) is 2.16. The van der Waals surface area contributed by atoms with Crippen LogP contribution in [0.15, 0.2) is 24.3 Å². The lowest BCUT2D eigenvalue weighted by Crippen LogP contribution is -2.52. The SMILES string of the molecule is CCC(C)NC(CC)(C(=O)OC)c1cccc(Cl)c1. The number of halogens is 1. The number of carbonyl (C=O) groups is 1. The molecule has 0 aliphatic rings. The van der Waals surface area contributed by atoms with Gasteiger partial charge < -0.3 is 4.74 Å². The van der Waals surface area contributed by atoms with Crippen molar-refractivity contribution in [3.05, 3.63) is 34.9 Å². The van der Waals surface area contributed by atoms with Gasteiger partial charge >= 0.3 is 5.97 Å². The molecule has 4 heteroatoms. The Bertz CT molecular complexity index is 436. The molecule has 1 aromatic rings. The summed E-state index contributed by atoms with van der Waals surface area (Å²) >= 11 is 6.05. The molecule has 2 atom stereocenters. The second kappa shape index (κ2) is 6.92. The number of methoxy groups -OCH3 is 1. The molecule has 0 spiro atoms. The predicted molar refractivity (Wildman–Crippen MR) is 78.3 cm³/mol. The zero-order valence-corrected chi connectivity index (χ0v) is 12.8. The first kappa shape index (κ1) is 16.0. The van der Waals surface area contributed by atoms with Gasteiger partial charge in [0.2, 0.25) is 0 Å². The first-order valence-electron chi connectivity index (χ1n) is 6.62. The van der Waals surface area contributed by atoms with Crippen molar-refractivity contribution in [1.29, 1.82) is 0 Å². The highest BCUT2D eigenvalue weighted by molar-refractivity contribution is 6.30. The lowest BCUT2D eigenvalue weighted by molar-refractivity contribution is -0.149. The molecule has 0 aromatic heterocycles. The Morgan fingerprint density at radius 2 is 2.16 bits per heavy atom. The predicted octanol–water partition coefficient (Wildman–Crippen LogP) is 3.51. The van der Waals surface area contributed by atoms with Crippen LogP contribution >= 0.6 is 11.6 Å². The minimum Gasteiger partial charge on any atom is -0.467 e. The fraction of sp³-hybridized carbons (Fsp3) is 0.533. The Morgan fingerprint density at radius 1 is 1.47 bits per heavy atom. The van der Waals surface area contributed by atoms with Crippen LogP contribution in [0.25, 0.3) is 0 Å². The highest BCUT2D eigenvalue weighted by atomic mass is 35.5. The van der Waals surface area contributed by atoms with Crippen LogP contribution in [-0.4, -0.2) is 19.1 Å². The van der Waals surface area contributed by atoms with Crippen LogP contribution in [0.5, 0.6) is 0 Å². The van der Waals surface area contributed by atoms with Gasteiger partial charge in [0.25, 0.3) is 0 Å². The molecular formula is C15H22ClNO2. The molecule has 0 amide bonds. The molecule has 0 heterocycles. The topological polar surface area (TPSA) is 38.3 Å². The first-order chi connectivity index (χ1) is 9.00. The smallest absolute Gasteiger partial charge is 0.330 e. The number of nitrogens with one attached hydrogen (secondary N) is 1. The van der Waals surface area contributed by atoms with E-state index < -0.39 is 5.54 Å². The van der Waals surface area contributed by atoms with Crippen molar-refractivity contribution in [1.82, 2.24) is 5.32 Å². The van der Waals surface area contributed by atoms with Gasteiger partial charge in [0.15, 0.2) is 0 Å². The van der Waals surface area contributed by atoms with Crippen molar-refractivity contribution in [3.8, 4) is 0 Å². The Hall–Kier alpha value is -1.06. The Balaban J connectivity index is 3.27. The van der Waals surface area contributed by atoms with Crippen LogP contribution in [-0.2, 0) is 15.1 Å². The zero-order chi connectivity index (χ0) is 14.5. The molecule has 0 aliphatic carbocycles. The van der Waals surface area contributed by atoms with E-state index in [4.69, 9.17) is 16.3 Å². The Morgan fingerprint density at radius 3 is 2.63 bits per heavy atom. The third-order valence-electron chi connectivity index (χ3n) is 3.49. The summed E-state index contributed by atoms with van der Waals surface area (Å²) in [5, 5.41) is 4.01. The van der Waals surface area contributed by atoms with Crippen molar-refractivity contribution in [2.75, 3.05) is 7.11 Å². The van der Waals surface area contributed by atoms with Gasteiger partial charge in [-0.2, -0.15) is 0 Å². The Kier molecular flexibility index (Phi) is 5.83. The van der Waals surface area contributed by atoms with E-state index in [1.54, 1.807) is 6.07 Å². The van der Waals surface area contributed by atoms with E-state index >= 15 is 0 Å². The van der Waals surface area contributed by atoms with Crippen LogP contribution in [0.1, 0.15) is 39.2 Å². The highest BCUT2D eigenvalue weighted by Crippen LogP contribution is 2.29. The number of carbonyl (C=O) groups excluding carboxylic acids is 1. The molecule has 0 bridgehead atoms. The summed E-state index contributed by atoms with van der Waals surface area (Å²) in [5.74, 6) is -0.280. The summed E-state index contributed by atoms with van der Waals surface area (Å²) in [5.41, 5.74) is 0.00405. The van der Waals surface area contributed by atoms with E-state index in [2.05, 4.69) is 19.2 Å². The molecule has 106 valence electrons. The molecule has 0 saturated heterocycles. The molecule has 0 fully saturated rings. The third-order valence-corrected chi connectivity index (χ3v) is 3.72. The molecule has 1 N–H and O–H groups in total. The molecule has 0 saturated carbocycles. The zero-order valence-electron chi connectivity index (χ0n) is 12.0. The van der Waals surface area contributed by atoms with E-state index in [9.17, 15) is 4.79 Å². The van der Waals surface area contributed by atoms with Gasteiger partial charge in [0.1, 0.15) is 5.54 Å². The minimum atomic E-state index is -0.838. The monoisotopic (exact) mass is 283 g/mol. The van der Waals surface area contributed by atoms with E-state index in [1.165, 1.54) is 7.11 Å². The third kappa shape index (κ3) is 3.48. The number of hydrogen-bond acceptors (Lipinski definition) is 3. The molecule has 3 nitrogen and oxygen atoms in total. The van der Waals surface area contributed by atoms with Crippen molar-refractivity contribution < 1.29 is 9.53 Å². The molecule has 0 radical (unpaired) electrons. The standard InChI is InChI=1S/C15H22ClNO2/c1-5-11(3)17-15(6-2,14(18)19-4)12-8-7-9-13(16)10-12/h7-11,17H,5-6H2,1-4H3. The number of esters is 1. The van der Waals surface area contributed by atoms with Crippen LogP contribution in [0.4, 0.5) is 0 Å². The molecular weight excluding hydrogens is 262 g/mol. The summed E-state index contributed by atoms with van der Waals surface area (Å²) in [6.45, 7) is 6.10. The van der Waals surface area contributed by atoms with Crippen LogP contribution in [0, 0.1) is 0 Å². The molecule has 0 aliphatic heterocycles. The number of rotatable bonds is 6. The van der Waals surface area contributed by atoms with Crippen molar-refractivity contribution in [2.45, 2.75) is 45.2 Å². The lowest BCUT2D eigenvalue weighted by Gasteiger charge is -2.34.